The Morgan fingerprint density at radius 2 is 1.18 bits per heavy atom. The number of unbranched alkanes of at least 4 members (excludes halogenated alkanes) is 14. The number of hydrogen-bond acceptors (Lipinski definition) is 7. The Hall–Kier alpha value is -1.22. The SMILES string of the molecule is CCCCCCCCON1CCCCC1OC(=O)C(CCCCCCCC(=O)O)C1CCCCN1OCCCCCCCC. The number of esters is 1. The number of carboxylic acids is 1. The highest BCUT2D eigenvalue weighted by molar-refractivity contribution is 5.73. The smallest absolute Gasteiger partial charge is 0.312 e. The number of carbonyl (C=O) groups excluding carboxylic acids is 1. The largest absolute Gasteiger partial charge is 0.481 e. The van der Waals surface area contributed by atoms with E-state index in [1.54, 1.807) is 0 Å². The number of ether oxygens (including phenoxy) is 1. The predicted octanol–water partition coefficient (Wildman–Crippen LogP) is 9.21. The predicted molar refractivity (Wildman–Crippen MR) is 177 cm³/mol. The number of aliphatic carboxylic acids is 1. The van der Waals surface area contributed by atoms with Crippen molar-refractivity contribution in [2.24, 2.45) is 5.92 Å². The van der Waals surface area contributed by atoms with Crippen molar-refractivity contribution in [1.29, 1.82) is 0 Å². The van der Waals surface area contributed by atoms with E-state index in [9.17, 15) is 9.59 Å². The minimum Gasteiger partial charge on any atom is -0.481 e. The van der Waals surface area contributed by atoms with E-state index < -0.39 is 5.97 Å². The highest BCUT2D eigenvalue weighted by Gasteiger charge is 2.38. The molecular formula is C36H68N2O6. The Morgan fingerprint density at radius 1 is 0.659 bits per heavy atom. The number of rotatable bonds is 27. The van der Waals surface area contributed by atoms with Gasteiger partial charge in [0.15, 0.2) is 6.23 Å². The summed E-state index contributed by atoms with van der Waals surface area (Å²) in [6.07, 6.45) is 26.1. The fraction of sp³-hybridized carbons (Fsp3) is 0.944. The molecule has 2 saturated heterocycles. The first-order chi connectivity index (χ1) is 21.6. The molecule has 0 radical (unpaired) electrons. The van der Waals surface area contributed by atoms with Crippen LogP contribution in [0, 0.1) is 5.92 Å². The maximum absolute atomic E-state index is 13.9. The Morgan fingerprint density at radius 3 is 1.82 bits per heavy atom. The highest BCUT2D eigenvalue weighted by atomic mass is 16.7. The van der Waals surface area contributed by atoms with Gasteiger partial charge in [-0.2, -0.15) is 5.06 Å². The van der Waals surface area contributed by atoms with E-state index in [4.69, 9.17) is 19.5 Å². The average molecular weight is 625 g/mol. The normalized spacial score (nSPS) is 20.5. The standard InChI is InChI=1S/C36H68N2O6/c1-3-5-7-9-14-22-30-42-37-28-20-18-25-33(37)32(24-16-12-11-13-17-27-35(39)40)36(41)44-34-26-19-21-29-38(34)43-31-23-15-10-8-6-4-2/h32-34H,3-31H2,1-2H3,(H,39,40). The summed E-state index contributed by atoms with van der Waals surface area (Å²) in [7, 11) is 0. The number of nitrogens with zero attached hydrogens (tertiary/aromatic N) is 2. The topological polar surface area (TPSA) is 88.5 Å². The summed E-state index contributed by atoms with van der Waals surface area (Å²) in [4.78, 5) is 37.3. The molecule has 44 heavy (non-hydrogen) atoms. The molecule has 0 saturated carbocycles. The molecule has 0 aromatic carbocycles. The average Bonchev–Trinajstić information content (AvgIpc) is 3.02. The number of hydrogen-bond donors (Lipinski definition) is 1. The van der Waals surface area contributed by atoms with Crippen LogP contribution in [0.4, 0.5) is 0 Å². The van der Waals surface area contributed by atoms with Gasteiger partial charge in [-0.1, -0.05) is 110 Å². The van der Waals surface area contributed by atoms with Gasteiger partial charge in [0, 0.05) is 32.0 Å². The van der Waals surface area contributed by atoms with Gasteiger partial charge >= 0.3 is 11.9 Å². The van der Waals surface area contributed by atoms with Gasteiger partial charge in [-0.25, -0.2) is 0 Å². The van der Waals surface area contributed by atoms with Crippen molar-refractivity contribution in [1.82, 2.24) is 10.1 Å². The van der Waals surface area contributed by atoms with Crippen molar-refractivity contribution in [3.63, 3.8) is 0 Å². The maximum Gasteiger partial charge on any atom is 0.312 e. The van der Waals surface area contributed by atoms with Crippen LogP contribution in [0.25, 0.3) is 0 Å². The molecule has 1 N–H and O–H groups in total. The Balaban J connectivity index is 1.94. The van der Waals surface area contributed by atoms with Crippen molar-refractivity contribution in [3.8, 4) is 0 Å². The van der Waals surface area contributed by atoms with Crippen LogP contribution in [0.3, 0.4) is 0 Å². The van der Waals surface area contributed by atoms with E-state index in [0.717, 1.165) is 110 Å². The molecule has 0 aromatic rings. The minimum absolute atomic E-state index is 0.0458. The first-order valence-corrected chi connectivity index (χ1v) is 18.8. The second-order valence-electron chi connectivity index (χ2n) is 13.2. The maximum atomic E-state index is 13.9. The molecular weight excluding hydrogens is 556 g/mol. The van der Waals surface area contributed by atoms with E-state index in [0.29, 0.717) is 6.61 Å². The number of piperidine rings is 2. The van der Waals surface area contributed by atoms with Gasteiger partial charge < -0.3 is 9.84 Å². The molecule has 8 nitrogen and oxygen atoms in total. The lowest BCUT2D eigenvalue weighted by molar-refractivity contribution is -0.265. The molecule has 0 aromatic heterocycles. The molecule has 0 bridgehead atoms. The minimum atomic E-state index is -0.723. The van der Waals surface area contributed by atoms with Gasteiger partial charge in [-0.05, 0) is 51.4 Å². The van der Waals surface area contributed by atoms with E-state index in [2.05, 4.69) is 18.9 Å². The monoisotopic (exact) mass is 625 g/mol. The number of hydroxylamine groups is 4. The molecule has 3 atom stereocenters. The van der Waals surface area contributed by atoms with Crippen molar-refractivity contribution in [3.05, 3.63) is 0 Å². The first kappa shape index (κ1) is 39.0. The zero-order valence-corrected chi connectivity index (χ0v) is 28.6. The summed E-state index contributed by atoms with van der Waals surface area (Å²) in [5.74, 6) is -1.05. The van der Waals surface area contributed by atoms with Crippen LogP contribution >= 0.6 is 0 Å². The molecule has 0 aliphatic carbocycles. The zero-order chi connectivity index (χ0) is 31.7. The second kappa shape index (κ2) is 25.9. The molecule has 2 heterocycles. The lowest BCUT2D eigenvalue weighted by atomic mass is 9.87. The third-order valence-corrected chi connectivity index (χ3v) is 9.33. The Bertz CT molecular complexity index is 723. The third-order valence-electron chi connectivity index (χ3n) is 9.33. The molecule has 8 heteroatoms. The van der Waals surface area contributed by atoms with Crippen LogP contribution in [0.15, 0.2) is 0 Å². The van der Waals surface area contributed by atoms with Gasteiger partial charge in [-0.3, -0.25) is 19.3 Å². The van der Waals surface area contributed by atoms with E-state index in [1.165, 1.54) is 64.2 Å². The summed E-state index contributed by atoms with van der Waals surface area (Å²) in [6, 6.07) is 0.0458. The lowest BCUT2D eigenvalue weighted by Crippen LogP contribution is -2.49. The third kappa shape index (κ3) is 17.5. The molecule has 3 unspecified atom stereocenters. The van der Waals surface area contributed by atoms with Crippen molar-refractivity contribution in [2.45, 2.75) is 187 Å². The lowest BCUT2D eigenvalue weighted by Gasteiger charge is -2.40. The number of carboxylic acid groups (broad SMARTS) is 1. The summed E-state index contributed by atoms with van der Waals surface area (Å²) in [5.41, 5.74) is 0. The Labute approximate surface area is 269 Å². The molecule has 258 valence electrons. The highest BCUT2D eigenvalue weighted by Crippen LogP contribution is 2.30. The summed E-state index contributed by atoms with van der Waals surface area (Å²) >= 11 is 0. The molecule has 0 amide bonds. The molecule has 2 fully saturated rings. The molecule has 0 spiro atoms. The van der Waals surface area contributed by atoms with Crippen LogP contribution in [-0.2, 0) is 24.0 Å². The van der Waals surface area contributed by atoms with Crippen LogP contribution in [-0.4, -0.2) is 65.7 Å². The summed E-state index contributed by atoms with van der Waals surface area (Å²) in [5, 5.41) is 13.0. The Kier molecular flexibility index (Phi) is 22.9. The molecule has 2 aliphatic heterocycles. The van der Waals surface area contributed by atoms with Crippen molar-refractivity contribution < 1.29 is 29.1 Å². The van der Waals surface area contributed by atoms with Crippen molar-refractivity contribution >= 4 is 11.9 Å². The van der Waals surface area contributed by atoms with Crippen LogP contribution in [0.2, 0.25) is 0 Å². The van der Waals surface area contributed by atoms with Crippen molar-refractivity contribution in [2.75, 3.05) is 26.3 Å². The molecule has 2 rings (SSSR count). The van der Waals surface area contributed by atoms with E-state index in [1.807, 2.05) is 5.06 Å². The fourth-order valence-corrected chi connectivity index (χ4v) is 6.62. The summed E-state index contributed by atoms with van der Waals surface area (Å²) < 4.78 is 6.29. The van der Waals surface area contributed by atoms with E-state index >= 15 is 0 Å². The van der Waals surface area contributed by atoms with E-state index in [-0.39, 0.29) is 30.6 Å². The quantitative estimate of drug-likeness (QED) is 0.0715. The van der Waals surface area contributed by atoms with Gasteiger partial charge in [0.25, 0.3) is 0 Å². The number of carbonyl (C=O) groups is 2. The molecule has 2 aliphatic rings. The van der Waals surface area contributed by atoms with Gasteiger partial charge in [0.1, 0.15) is 0 Å². The van der Waals surface area contributed by atoms with Gasteiger partial charge in [0.2, 0.25) is 0 Å². The summed E-state index contributed by atoms with van der Waals surface area (Å²) in [6.45, 7) is 7.58. The second-order valence-corrected chi connectivity index (χ2v) is 13.2. The van der Waals surface area contributed by atoms with Crippen LogP contribution < -0.4 is 0 Å². The first-order valence-electron chi connectivity index (χ1n) is 18.8. The zero-order valence-electron chi connectivity index (χ0n) is 28.6. The van der Waals surface area contributed by atoms with Gasteiger partial charge in [0.05, 0.1) is 19.1 Å². The van der Waals surface area contributed by atoms with Gasteiger partial charge in [-0.15, -0.1) is 5.06 Å². The van der Waals surface area contributed by atoms with Crippen LogP contribution in [0.5, 0.6) is 0 Å². The van der Waals surface area contributed by atoms with Crippen LogP contribution in [0.1, 0.15) is 174 Å². The fourth-order valence-electron chi connectivity index (χ4n) is 6.62.